The third-order valence-corrected chi connectivity index (χ3v) is 10.9. The molecule has 1 aliphatic rings. The minimum Gasteiger partial charge on any atom is -0.756 e. The zero-order valence-electron chi connectivity index (χ0n) is 34.9. The van der Waals surface area contributed by atoms with E-state index in [0.717, 1.165) is 77.0 Å². The number of quaternary nitrogens is 3. The van der Waals surface area contributed by atoms with Gasteiger partial charge in [-0.25, -0.2) is 0 Å². The van der Waals surface area contributed by atoms with Crippen LogP contribution in [-0.4, -0.2) is 93.0 Å². The maximum Gasteiger partial charge on any atom is 0.306 e. The Morgan fingerprint density at radius 1 is 0.534 bits per heavy atom. The van der Waals surface area contributed by atoms with Crippen molar-refractivity contribution in [2.75, 3.05) is 13.2 Å². The molecular formula is C33H74N3O19P3. The molecule has 0 aliphatic heterocycles. The second-order valence-corrected chi connectivity index (χ2v) is 17.5. The lowest BCUT2D eigenvalue weighted by molar-refractivity contribution is -0.280. The first-order valence-electron chi connectivity index (χ1n) is 19.3. The fourth-order valence-corrected chi connectivity index (χ4v) is 8.04. The summed E-state index contributed by atoms with van der Waals surface area (Å²) in [5.74, 6) is -1.36. The van der Waals surface area contributed by atoms with E-state index >= 15 is 0 Å². The van der Waals surface area contributed by atoms with Crippen LogP contribution in [0, 0.1) is 0 Å². The van der Waals surface area contributed by atoms with Crippen LogP contribution in [0.25, 0.3) is 0 Å². The smallest absolute Gasteiger partial charge is 0.306 e. The van der Waals surface area contributed by atoms with Gasteiger partial charge in [0, 0.05) is 12.8 Å². The van der Waals surface area contributed by atoms with Crippen molar-refractivity contribution in [3.8, 4) is 0 Å². The zero-order chi connectivity index (χ0) is 41.5. The molecule has 0 bridgehead atoms. The van der Waals surface area contributed by atoms with Gasteiger partial charge in [-0.2, -0.15) is 0 Å². The molecule has 0 heterocycles. The van der Waals surface area contributed by atoms with Crippen LogP contribution in [-0.2, 0) is 50.9 Å². The molecule has 3 unspecified atom stereocenters. The summed E-state index contributed by atoms with van der Waals surface area (Å²) >= 11 is 0. The number of aliphatic hydroxyl groups excluding tert-OH is 3. The number of phosphoric acid groups is 3. The second kappa shape index (κ2) is 32.7. The van der Waals surface area contributed by atoms with E-state index < -0.39 is 91.3 Å². The second-order valence-electron chi connectivity index (χ2n) is 13.8. The van der Waals surface area contributed by atoms with Crippen LogP contribution in [0.4, 0.5) is 0 Å². The van der Waals surface area contributed by atoms with Gasteiger partial charge in [0.05, 0.1) is 6.61 Å². The summed E-state index contributed by atoms with van der Waals surface area (Å²) in [5.41, 5.74) is 0. The van der Waals surface area contributed by atoms with E-state index in [-0.39, 0.29) is 31.3 Å². The fourth-order valence-electron chi connectivity index (χ4n) is 5.98. The topological polar surface area (TPSA) is 421 Å². The minimum absolute atomic E-state index is 0. The van der Waals surface area contributed by atoms with Gasteiger partial charge in [0.2, 0.25) is 0 Å². The summed E-state index contributed by atoms with van der Waals surface area (Å²) in [5, 5.41) is 31.4. The summed E-state index contributed by atoms with van der Waals surface area (Å²) in [6, 6.07) is 0. The van der Waals surface area contributed by atoms with E-state index in [0.29, 0.717) is 12.8 Å². The first-order chi connectivity index (χ1) is 25.8. The highest BCUT2D eigenvalue weighted by Crippen LogP contribution is 2.48. The lowest BCUT2D eigenvalue weighted by Crippen LogP contribution is -2.65. The fraction of sp³-hybridized carbons (Fsp3) is 0.939. The molecule has 350 valence electrons. The normalized spacial score (nSPS) is 24.0. The zero-order valence-corrected chi connectivity index (χ0v) is 37.6. The SMILES string of the molecule is CCCCCCCCCCCC(=O)OC[C@H](COP(=O)([O-])O[C@@H]1[C@H](O)[C@H](O)[C@@H](OP(=O)([O-])O)[C@H](OP(=O)([O-])O)[C@H]1O)OC(=O)CCCCCCCCCCC.[NH4+].[NH4+].[NH4+]. The molecule has 17 N–H and O–H groups in total. The number of hydrogen-bond acceptors (Lipinski definition) is 17. The molecule has 0 aromatic heterocycles. The van der Waals surface area contributed by atoms with Gasteiger partial charge < -0.3 is 85.8 Å². The number of carbonyl (C=O) groups is 2. The molecule has 10 atom stereocenters. The molecule has 0 amide bonds. The predicted molar refractivity (Wildman–Crippen MR) is 208 cm³/mol. The van der Waals surface area contributed by atoms with Crippen molar-refractivity contribution in [2.45, 2.75) is 185 Å². The van der Waals surface area contributed by atoms with Gasteiger partial charge in [-0.3, -0.25) is 23.3 Å². The van der Waals surface area contributed by atoms with E-state index in [1.54, 1.807) is 0 Å². The maximum atomic E-state index is 12.8. The van der Waals surface area contributed by atoms with Gasteiger partial charge in [-0.05, 0) is 12.8 Å². The Morgan fingerprint density at radius 3 is 1.31 bits per heavy atom. The molecule has 1 saturated carbocycles. The van der Waals surface area contributed by atoms with E-state index in [2.05, 4.69) is 27.4 Å². The molecule has 1 rings (SSSR count). The molecule has 58 heavy (non-hydrogen) atoms. The molecule has 1 fully saturated rings. The lowest BCUT2D eigenvalue weighted by atomic mass is 9.85. The van der Waals surface area contributed by atoms with Crippen LogP contribution in [0.3, 0.4) is 0 Å². The van der Waals surface area contributed by atoms with Gasteiger partial charge in [-0.15, -0.1) is 0 Å². The van der Waals surface area contributed by atoms with Crippen LogP contribution in [0.15, 0.2) is 0 Å². The molecule has 22 nitrogen and oxygen atoms in total. The standard InChI is InChI=1S/C33H65O19P3.3H3N/c1-3-5-7-9-11-13-15-17-19-21-26(34)47-23-25(49-27(35)22-20-18-16-14-12-10-8-6-4-2)24-48-55(45,46)52-31-28(36)29(37)32(50-53(39,40)41)33(30(31)38)51-54(42,43)44;;;/h25,28-33,36-38H,3-24H2,1-2H3,(H,45,46)(H2,39,40,41)(H2,42,43,44);3*1H3/t25-,28-,29+,30+,31-,32-,33-;;;/m1.../s1. The average Bonchev–Trinajstić information content (AvgIpc) is 3.09. The third-order valence-electron chi connectivity index (χ3n) is 8.90. The minimum atomic E-state index is -5.87. The Labute approximate surface area is 342 Å². The van der Waals surface area contributed by atoms with E-state index in [9.17, 15) is 53.3 Å². The van der Waals surface area contributed by atoms with E-state index in [1.165, 1.54) is 25.7 Å². The van der Waals surface area contributed by atoms with Crippen molar-refractivity contribution in [1.82, 2.24) is 18.5 Å². The van der Waals surface area contributed by atoms with E-state index in [1.807, 2.05) is 0 Å². The summed E-state index contributed by atoms with van der Waals surface area (Å²) in [6.45, 7) is 2.70. The Balaban J connectivity index is -0.0000101. The van der Waals surface area contributed by atoms with Gasteiger partial charge in [0.1, 0.15) is 43.2 Å². The van der Waals surface area contributed by atoms with Gasteiger partial charge in [0.25, 0.3) is 23.5 Å². The summed E-state index contributed by atoms with van der Waals surface area (Å²) in [4.78, 5) is 78.8. The maximum absolute atomic E-state index is 12.8. The van der Waals surface area contributed by atoms with Crippen LogP contribution in [0.5, 0.6) is 0 Å². The Bertz CT molecular complexity index is 1230. The average molecular weight is 910 g/mol. The molecule has 1 aliphatic carbocycles. The Hall–Kier alpha value is -0.970. The number of hydrogen-bond donors (Lipinski definition) is 8. The number of carbonyl (C=O) groups excluding carboxylic acids is 2. The molecular weight excluding hydrogens is 835 g/mol. The van der Waals surface area contributed by atoms with Crippen molar-refractivity contribution >= 4 is 35.4 Å². The molecule has 0 spiro atoms. The number of aliphatic hydroxyl groups is 3. The van der Waals surface area contributed by atoms with Crippen molar-refractivity contribution in [1.29, 1.82) is 0 Å². The number of esters is 2. The third kappa shape index (κ3) is 28.5. The molecule has 0 saturated heterocycles. The van der Waals surface area contributed by atoms with Gasteiger partial charge in [-0.1, -0.05) is 117 Å². The Kier molecular flexibility index (Phi) is 34.6. The number of unbranched alkanes of at least 4 members (excludes halogenated alkanes) is 16. The highest BCUT2D eigenvalue weighted by atomic mass is 31.2. The Morgan fingerprint density at radius 2 is 0.897 bits per heavy atom. The van der Waals surface area contributed by atoms with Crippen molar-refractivity contribution < 1.29 is 90.6 Å². The van der Waals surface area contributed by atoms with Crippen molar-refractivity contribution in [3.05, 3.63) is 0 Å². The van der Waals surface area contributed by atoms with Crippen LogP contribution >= 0.6 is 23.5 Å². The summed E-state index contributed by atoms with van der Waals surface area (Å²) < 4.78 is 63.8. The first-order valence-corrected chi connectivity index (χ1v) is 23.7. The largest absolute Gasteiger partial charge is 0.756 e. The van der Waals surface area contributed by atoms with Crippen molar-refractivity contribution in [2.24, 2.45) is 0 Å². The van der Waals surface area contributed by atoms with Crippen LogP contribution in [0.2, 0.25) is 0 Å². The lowest BCUT2D eigenvalue weighted by Gasteiger charge is -2.47. The van der Waals surface area contributed by atoms with Gasteiger partial charge in [0.15, 0.2) is 6.10 Å². The van der Waals surface area contributed by atoms with Crippen LogP contribution < -0.4 is 33.1 Å². The monoisotopic (exact) mass is 909 g/mol. The summed E-state index contributed by atoms with van der Waals surface area (Å²) in [6.07, 6.45) is 1.10. The molecule has 0 aromatic rings. The van der Waals surface area contributed by atoms with Crippen LogP contribution in [0.1, 0.15) is 142 Å². The highest BCUT2D eigenvalue weighted by molar-refractivity contribution is 7.46. The highest BCUT2D eigenvalue weighted by Gasteiger charge is 2.54. The van der Waals surface area contributed by atoms with Gasteiger partial charge >= 0.3 is 11.9 Å². The first kappa shape index (κ1) is 61.3. The molecule has 0 aromatic carbocycles. The quantitative estimate of drug-likeness (QED) is 0.0268. The molecule has 0 radical (unpaired) electrons. The number of ether oxygens (including phenoxy) is 2. The van der Waals surface area contributed by atoms with E-state index in [4.69, 9.17) is 23.8 Å². The number of rotatable bonds is 32. The molecule has 25 heteroatoms. The predicted octanol–water partition coefficient (Wildman–Crippen LogP) is 4.07. The van der Waals surface area contributed by atoms with Crippen molar-refractivity contribution in [3.63, 3.8) is 0 Å². The summed E-state index contributed by atoms with van der Waals surface area (Å²) in [7, 11) is -17.4. The number of phosphoric ester groups is 3.